The van der Waals surface area contributed by atoms with Gasteiger partial charge in [0.15, 0.2) is 0 Å². The first kappa shape index (κ1) is 48.4. The molecule has 0 N–H and O–H groups in total. The number of hydrogen-bond donors (Lipinski definition) is 0. The van der Waals surface area contributed by atoms with Crippen molar-refractivity contribution in [2.75, 3.05) is 0 Å². The minimum absolute atomic E-state index is 0. The van der Waals surface area contributed by atoms with Gasteiger partial charge in [0.25, 0.3) is 0 Å². The Kier molecular flexibility index (Phi) is 26.8. The van der Waals surface area contributed by atoms with E-state index in [1.165, 1.54) is 44.5 Å². The van der Waals surface area contributed by atoms with E-state index in [2.05, 4.69) is 113 Å². The summed E-state index contributed by atoms with van der Waals surface area (Å²) in [4.78, 5) is 12.5. The second-order valence-corrected chi connectivity index (χ2v) is 10.3. The van der Waals surface area contributed by atoms with E-state index in [9.17, 15) is 0 Å². The van der Waals surface area contributed by atoms with Crippen molar-refractivity contribution in [2.45, 2.75) is 127 Å². The highest BCUT2D eigenvalue weighted by Crippen LogP contribution is 2.14. The molecule has 2 aromatic carbocycles. The SMILES string of the molecule is C.C.C.C.C.Cc1cc(C)c(C)c(C)c1.Cc1cc(C)cc(C)c1.Cc1cc(C)nc(C)c1.Cc1cc(C)nc(C)n1. The minimum atomic E-state index is 0. The van der Waals surface area contributed by atoms with E-state index in [1.807, 2.05) is 40.7 Å². The Morgan fingerprint density at radius 1 is 0.310 bits per heavy atom. The molecule has 0 aliphatic rings. The fourth-order valence-corrected chi connectivity index (χ4v) is 4.40. The molecule has 4 aromatic rings. The van der Waals surface area contributed by atoms with E-state index in [-0.39, 0.29) is 37.1 Å². The molecule has 3 heteroatoms. The molecular formula is C39H67N3. The normalized spacial score (nSPS) is 8.60. The smallest absolute Gasteiger partial charge is 0.125 e. The summed E-state index contributed by atoms with van der Waals surface area (Å²) in [5, 5.41) is 0. The molecule has 0 aliphatic carbocycles. The molecule has 238 valence electrons. The molecule has 4 rings (SSSR count). The van der Waals surface area contributed by atoms with Crippen LogP contribution in [0.4, 0.5) is 0 Å². The van der Waals surface area contributed by atoms with Gasteiger partial charge in [0.2, 0.25) is 0 Å². The fourth-order valence-electron chi connectivity index (χ4n) is 4.40. The standard InChI is InChI=1S/C10H14.C9H12.C8H11N.C7H10N2.5CH4/c1-7-5-8(2)10(4)9(3)6-7;1-7-4-8(2)6-9(3)5-7;1-6-4-7(2)9-8(3)5-6;1-5-4-6(2)9-7(3)8-5;;;;;/h5-6H,1-4H3;4-6H,1-3H3;4-5H,1-3H3;4H,1-3H3;5*1H4. The monoisotopic (exact) mass is 578 g/mol. The Bertz CT molecular complexity index is 1010. The van der Waals surface area contributed by atoms with Crippen LogP contribution in [0.5, 0.6) is 0 Å². The van der Waals surface area contributed by atoms with E-state index >= 15 is 0 Å². The highest BCUT2D eigenvalue weighted by Gasteiger charge is 1.96. The van der Waals surface area contributed by atoms with Crippen LogP contribution < -0.4 is 0 Å². The Morgan fingerprint density at radius 3 is 0.857 bits per heavy atom. The summed E-state index contributed by atoms with van der Waals surface area (Å²) in [6, 6.07) is 17.1. The summed E-state index contributed by atoms with van der Waals surface area (Å²) in [5.41, 5.74) is 15.2. The molecule has 0 saturated heterocycles. The number of pyridine rings is 1. The molecule has 0 radical (unpaired) electrons. The van der Waals surface area contributed by atoms with Gasteiger partial charge in [-0.25, -0.2) is 9.97 Å². The van der Waals surface area contributed by atoms with Crippen LogP contribution >= 0.6 is 0 Å². The second kappa shape index (κ2) is 23.3. The molecule has 0 spiro atoms. The van der Waals surface area contributed by atoms with Crippen molar-refractivity contribution in [1.29, 1.82) is 0 Å². The number of aromatic nitrogens is 3. The van der Waals surface area contributed by atoms with Crippen molar-refractivity contribution >= 4 is 0 Å². The van der Waals surface area contributed by atoms with E-state index in [1.54, 1.807) is 0 Å². The third kappa shape index (κ3) is 19.7. The molecule has 0 amide bonds. The molecule has 0 aliphatic heterocycles. The van der Waals surface area contributed by atoms with Gasteiger partial charge < -0.3 is 0 Å². The van der Waals surface area contributed by atoms with Crippen LogP contribution in [0, 0.1) is 90.0 Å². The van der Waals surface area contributed by atoms with Crippen LogP contribution in [0.25, 0.3) is 0 Å². The van der Waals surface area contributed by atoms with E-state index in [4.69, 9.17) is 0 Å². The maximum Gasteiger partial charge on any atom is 0.125 e. The lowest BCUT2D eigenvalue weighted by Gasteiger charge is -2.04. The number of hydrogen-bond acceptors (Lipinski definition) is 3. The number of nitrogens with zero attached hydrogens (tertiary/aromatic N) is 3. The van der Waals surface area contributed by atoms with Crippen LogP contribution in [0.15, 0.2) is 48.5 Å². The first-order valence-corrected chi connectivity index (χ1v) is 13.0. The van der Waals surface area contributed by atoms with Crippen molar-refractivity contribution in [3.8, 4) is 0 Å². The third-order valence-corrected chi connectivity index (χ3v) is 5.76. The average molecular weight is 578 g/mol. The summed E-state index contributed by atoms with van der Waals surface area (Å²) in [6.07, 6.45) is 0. The molecule has 0 unspecified atom stereocenters. The Labute approximate surface area is 263 Å². The predicted molar refractivity (Wildman–Crippen MR) is 194 cm³/mol. The van der Waals surface area contributed by atoms with Crippen LogP contribution in [-0.2, 0) is 0 Å². The molecule has 2 aromatic heterocycles. The van der Waals surface area contributed by atoms with Gasteiger partial charge in [-0.3, -0.25) is 4.98 Å². The lowest BCUT2D eigenvalue weighted by molar-refractivity contribution is 0.976. The largest absolute Gasteiger partial charge is 0.258 e. The molecule has 0 fully saturated rings. The predicted octanol–water partition coefficient (Wildman–Crippen LogP) is 12.1. The van der Waals surface area contributed by atoms with Crippen molar-refractivity contribution in [1.82, 2.24) is 15.0 Å². The second-order valence-electron chi connectivity index (χ2n) is 10.3. The summed E-state index contributed by atoms with van der Waals surface area (Å²) in [7, 11) is 0. The fraction of sp³-hybridized carbons (Fsp3) is 0.462. The third-order valence-electron chi connectivity index (χ3n) is 5.76. The lowest BCUT2D eigenvalue weighted by atomic mass is 10.0. The maximum absolute atomic E-state index is 4.23. The van der Waals surface area contributed by atoms with E-state index in [0.29, 0.717) is 0 Å². The highest BCUT2D eigenvalue weighted by atomic mass is 14.9. The summed E-state index contributed by atoms with van der Waals surface area (Å²) < 4.78 is 0. The highest BCUT2D eigenvalue weighted by molar-refractivity contribution is 5.36. The molecule has 0 atom stereocenters. The topological polar surface area (TPSA) is 38.7 Å². The molecular weight excluding hydrogens is 510 g/mol. The van der Waals surface area contributed by atoms with Gasteiger partial charge in [-0.15, -0.1) is 0 Å². The molecule has 2 heterocycles. The number of rotatable bonds is 0. The first-order chi connectivity index (χ1) is 17.2. The maximum atomic E-state index is 4.23. The van der Waals surface area contributed by atoms with Gasteiger partial charge in [0.1, 0.15) is 5.82 Å². The minimum Gasteiger partial charge on any atom is -0.258 e. The van der Waals surface area contributed by atoms with Gasteiger partial charge >= 0.3 is 0 Å². The summed E-state index contributed by atoms with van der Waals surface area (Å²) >= 11 is 0. The molecule has 0 saturated carbocycles. The Morgan fingerprint density at radius 2 is 0.571 bits per heavy atom. The van der Waals surface area contributed by atoms with Gasteiger partial charge in [-0.05, 0) is 130 Å². The van der Waals surface area contributed by atoms with Crippen LogP contribution in [-0.4, -0.2) is 15.0 Å². The summed E-state index contributed by atoms with van der Waals surface area (Å²) in [5.74, 6) is 0.854. The Hall–Kier alpha value is -3.33. The van der Waals surface area contributed by atoms with Gasteiger partial charge in [0.05, 0.1) is 0 Å². The number of benzene rings is 2. The van der Waals surface area contributed by atoms with Crippen molar-refractivity contribution in [3.05, 3.63) is 122 Å². The molecule has 42 heavy (non-hydrogen) atoms. The zero-order chi connectivity index (χ0) is 28.3. The van der Waals surface area contributed by atoms with Gasteiger partial charge in [-0.1, -0.05) is 89.7 Å². The quantitative estimate of drug-likeness (QED) is 0.209. The van der Waals surface area contributed by atoms with Gasteiger partial charge in [0, 0.05) is 22.8 Å². The zero-order valence-corrected chi connectivity index (χ0v) is 25.5. The molecule has 0 bridgehead atoms. The van der Waals surface area contributed by atoms with Crippen molar-refractivity contribution in [3.63, 3.8) is 0 Å². The zero-order valence-electron chi connectivity index (χ0n) is 25.5. The molecule has 3 nitrogen and oxygen atoms in total. The lowest BCUT2D eigenvalue weighted by Crippen LogP contribution is -1.91. The van der Waals surface area contributed by atoms with Crippen molar-refractivity contribution in [2.24, 2.45) is 0 Å². The first-order valence-electron chi connectivity index (χ1n) is 13.0. The van der Waals surface area contributed by atoms with Crippen LogP contribution in [0.2, 0.25) is 0 Å². The summed E-state index contributed by atoms with van der Waals surface area (Å²) in [6.45, 7) is 27.0. The van der Waals surface area contributed by atoms with Crippen LogP contribution in [0.1, 0.15) is 110 Å². The van der Waals surface area contributed by atoms with Gasteiger partial charge in [-0.2, -0.15) is 0 Å². The van der Waals surface area contributed by atoms with E-state index < -0.39 is 0 Å². The Balaban J connectivity index is -0.000000139. The number of aryl methyl sites for hydroxylation is 12. The average Bonchev–Trinajstić information content (AvgIpc) is 2.70. The van der Waals surface area contributed by atoms with E-state index in [0.717, 1.165) is 28.6 Å². The van der Waals surface area contributed by atoms with Crippen LogP contribution in [0.3, 0.4) is 0 Å². The van der Waals surface area contributed by atoms with Crippen molar-refractivity contribution < 1.29 is 0 Å².